The predicted octanol–water partition coefficient (Wildman–Crippen LogP) is 4.63. The van der Waals surface area contributed by atoms with Crippen molar-refractivity contribution in [3.63, 3.8) is 0 Å². The van der Waals surface area contributed by atoms with Gasteiger partial charge in [-0.3, -0.25) is 14.2 Å². The van der Waals surface area contributed by atoms with Gasteiger partial charge in [0.15, 0.2) is 0 Å². The molecule has 0 atom stereocenters. The smallest absolute Gasteiger partial charge is 0.266 e. The number of hydrogen-bond acceptors (Lipinski definition) is 4. The van der Waals surface area contributed by atoms with Gasteiger partial charge in [-0.05, 0) is 54.6 Å². The molecule has 1 amide bonds. The molecule has 3 aromatic carbocycles. The molecule has 4 rings (SSSR count). The zero-order chi connectivity index (χ0) is 22.0. The van der Waals surface area contributed by atoms with Gasteiger partial charge in [-0.15, -0.1) is 0 Å². The number of halogens is 2. The Morgan fingerprint density at radius 2 is 1.81 bits per heavy atom. The SMILES string of the molecule is COc1ccc(-n2c(CNC(=O)c3ccc(Cl)cc3Cl)nc3ccccc3c2=O)cc1. The molecule has 8 heteroatoms. The van der Waals surface area contributed by atoms with Crippen LogP contribution in [-0.4, -0.2) is 22.6 Å². The minimum atomic E-state index is -0.398. The molecule has 0 aliphatic carbocycles. The van der Waals surface area contributed by atoms with E-state index in [1.807, 2.05) is 6.07 Å². The number of nitrogens with one attached hydrogen (secondary N) is 1. The van der Waals surface area contributed by atoms with Crippen LogP contribution in [0.25, 0.3) is 16.6 Å². The van der Waals surface area contributed by atoms with E-state index in [4.69, 9.17) is 27.9 Å². The van der Waals surface area contributed by atoms with Crippen LogP contribution in [0.1, 0.15) is 16.2 Å². The molecule has 31 heavy (non-hydrogen) atoms. The van der Waals surface area contributed by atoms with Crippen molar-refractivity contribution in [3.05, 3.63) is 98.5 Å². The van der Waals surface area contributed by atoms with Crippen molar-refractivity contribution in [2.45, 2.75) is 6.54 Å². The third-order valence-electron chi connectivity index (χ3n) is 4.76. The van der Waals surface area contributed by atoms with Gasteiger partial charge in [0.1, 0.15) is 11.6 Å². The van der Waals surface area contributed by atoms with Crippen molar-refractivity contribution >= 4 is 40.0 Å². The number of hydrogen-bond donors (Lipinski definition) is 1. The van der Waals surface area contributed by atoms with Crippen molar-refractivity contribution in [2.75, 3.05) is 7.11 Å². The highest BCUT2D eigenvalue weighted by Crippen LogP contribution is 2.21. The van der Waals surface area contributed by atoms with Crippen LogP contribution in [0.3, 0.4) is 0 Å². The summed E-state index contributed by atoms with van der Waals surface area (Å²) >= 11 is 12.0. The number of carbonyl (C=O) groups is 1. The summed E-state index contributed by atoms with van der Waals surface area (Å²) in [5.74, 6) is 0.649. The number of benzene rings is 3. The highest BCUT2D eigenvalue weighted by molar-refractivity contribution is 6.36. The second kappa shape index (κ2) is 8.79. The summed E-state index contributed by atoms with van der Waals surface area (Å²) in [6.07, 6.45) is 0. The fourth-order valence-electron chi connectivity index (χ4n) is 3.22. The van der Waals surface area contributed by atoms with Crippen LogP contribution >= 0.6 is 23.2 Å². The second-order valence-electron chi connectivity index (χ2n) is 6.69. The van der Waals surface area contributed by atoms with E-state index >= 15 is 0 Å². The number of fused-ring (bicyclic) bond motifs is 1. The molecule has 0 aliphatic rings. The predicted molar refractivity (Wildman–Crippen MR) is 122 cm³/mol. The van der Waals surface area contributed by atoms with Crippen LogP contribution in [-0.2, 0) is 6.54 Å². The highest BCUT2D eigenvalue weighted by atomic mass is 35.5. The van der Waals surface area contributed by atoms with Gasteiger partial charge in [0, 0.05) is 5.02 Å². The molecule has 1 N–H and O–H groups in total. The summed E-state index contributed by atoms with van der Waals surface area (Å²) in [7, 11) is 1.57. The van der Waals surface area contributed by atoms with Crippen molar-refractivity contribution < 1.29 is 9.53 Å². The fourth-order valence-corrected chi connectivity index (χ4v) is 3.72. The normalized spacial score (nSPS) is 10.8. The largest absolute Gasteiger partial charge is 0.497 e. The zero-order valence-corrected chi connectivity index (χ0v) is 17.9. The van der Waals surface area contributed by atoms with Gasteiger partial charge < -0.3 is 10.1 Å². The maximum absolute atomic E-state index is 13.3. The Hall–Kier alpha value is -3.35. The van der Waals surface area contributed by atoms with Crippen molar-refractivity contribution in [1.29, 1.82) is 0 Å². The van der Waals surface area contributed by atoms with E-state index < -0.39 is 5.91 Å². The van der Waals surface area contributed by atoms with E-state index in [0.29, 0.717) is 33.2 Å². The first-order valence-corrected chi connectivity index (χ1v) is 10.1. The summed E-state index contributed by atoms with van der Waals surface area (Å²) in [5, 5.41) is 3.94. The van der Waals surface area contributed by atoms with Gasteiger partial charge in [0.25, 0.3) is 11.5 Å². The average molecular weight is 454 g/mol. The molecule has 0 fully saturated rings. The third-order valence-corrected chi connectivity index (χ3v) is 5.31. The topological polar surface area (TPSA) is 73.2 Å². The molecule has 156 valence electrons. The van der Waals surface area contributed by atoms with Crippen LogP contribution in [0.4, 0.5) is 0 Å². The van der Waals surface area contributed by atoms with E-state index in [9.17, 15) is 9.59 Å². The van der Waals surface area contributed by atoms with Gasteiger partial charge in [-0.1, -0.05) is 35.3 Å². The Morgan fingerprint density at radius 1 is 1.06 bits per heavy atom. The Balaban J connectivity index is 1.75. The number of methoxy groups -OCH3 is 1. The number of aromatic nitrogens is 2. The lowest BCUT2D eigenvalue weighted by atomic mass is 10.2. The Bertz CT molecular complexity index is 1330. The van der Waals surface area contributed by atoms with Crippen LogP contribution in [0.5, 0.6) is 5.75 Å². The Morgan fingerprint density at radius 3 is 2.52 bits per heavy atom. The number of nitrogens with zero attached hydrogens (tertiary/aromatic N) is 2. The van der Waals surface area contributed by atoms with Gasteiger partial charge in [-0.2, -0.15) is 0 Å². The first-order chi connectivity index (χ1) is 15.0. The summed E-state index contributed by atoms with van der Waals surface area (Å²) in [5.41, 5.74) is 1.21. The van der Waals surface area contributed by atoms with Crippen LogP contribution in [0.2, 0.25) is 10.0 Å². The van der Waals surface area contributed by atoms with Crippen LogP contribution < -0.4 is 15.6 Å². The molecule has 0 saturated heterocycles. The zero-order valence-electron chi connectivity index (χ0n) is 16.4. The van der Waals surface area contributed by atoms with Gasteiger partial charge >= 0.3 is 0 Å². The maximum Gasteiger partial charge on any atom is 0.266 e. The number of ether oxygens (including phenoxy) is 1. The lowest BCUT2D eigenvalue weighted by Gasteiger charge is -2.15. The minimum absolute atomic E-state index is 0.0178. The third kappa shape index (κ3) is 4.26. The number of rotatable bonds is 5. The molecule has 0 unspecified atom stereocenters. The average Bonchev–Trinajstić information content (AvgIpc) is 2.78. The second-order valence-corrected chi connectivity index (χ2v) is 7.53. The minimum Gasteiger partial charge on any atom is -0.497 e. The summed E-state index contributed by atoms with van der Waals surface area (Å²) < 4.78 is 6.68. The highest BCUT2D eigenvalue weighted by Gasteiger charge is 2.16. The van der Waals surface area contributed by atoms with E-state index in [1.165, 1.54) is 10.6 Å². The van der Waals surface area contributed by atoms with E-state index in [0.717, 1.165) is 0 Å². The van der Waals surface area contributed by atoms with E-state index in [-0.39, 0.29) is 22.7 Å². The monoisotopic (exact) mass is 453 g/mol. The van der Waals surface area contributed by atoms with Crippen molar-refractivity contribution in [3.8, 4) is 11.4 Å². The van der Waals surface area contributed by atoms with Crippen molar-refractivity contribution in [1.82, 2.24) is 14.9 Å². The molecular formula is C23H17Cl2N3O3. The quantitative estimate of drug-likeness (QED) is 0.477. The fraction of sp³-hybridized carbons (Fsp3) is 0.0870. The molecule has 4 aromatic rings. The van der Waals surface area contributed by atoms with Gasteiger partial charge in [-0.25, -0.2) is 4.98 Å². The molecule has 1 aromatic heterocycles. The lowest BCUT2D eigenvalue weighted by molar-refractivity contribution is 0.0949. The summed E-state index contributed by atoms with van der Waals surface area (Å²) in [4.78, 5) is 30.5. The molecule has 0 spiro atoms. The first-order valence-electron chi connectivity index (χ1n) is 9.36. The number of amides is 1. The first kappa shape index (κ1) is 20.9. The van der Waals surface area contributed by atoms with Gasteiger partial charge in [0.2, 0.25) is 0 Å². The van der Waals surface area contributed by atoms with E-state index in [1.54, 1.807) is 61.7 Å². The Kier molecular flexibility index (Phi) is 5.93. The molecule has 0 saturated carbocycles. The van der Waals surface area contributed by atoms with Crippen LogP contribution in [0.15, 0.2) is 71.5 Å². The molecule has 0 aliphatic heterocycles. The van der Waals surface area contributed by atoms with Gasteiger partial charge in [0.05, 0.1) is 40.8 Å². The standard InChI is InChI=1S/C23H17Cl2N3O3/c1-31-16-9-7-15(8-10-16)28-21(27-20-5-3-2-4-18(20)23(28)30)13-26-22(29)17-11-6-14(24)12-19(17)25/h2-12H,13H2,1H3,(H,26,29). The number of carbonyl (C=O) groups excluding carboxylic acids is 1. The molecule has 6 nitrogen and oxygen atoms in total. The van der Waals surface area contributed by atoms with E-state index in [2.05, 4.69) is 10.3 Å². The van der Waals surface area contributed by atoms with Crippen molar-refractivity contribution in [2.24, 2.45) is 0 Å². The maximum atomic E-state index is 13.3. The molecule has 0 bridgehead atoms. The van der Waals surface area contributed by atoms with Crippen LogP contribution in [0, 0.1) is 0 Å². The summed E-state index contributed by atoms with van der Waals surface area (Å²) in [6.45, 7) is 0.0178. The molecule has 1 heterocycles. The lowest BCUT2D eigenvalue weighted by Crippen LogP contribution is -2.30. The molecule has 0 radical (unpaired) electrons. The Labute approximate surface area is 188 Å². The summed E-state index contributed by atoms with van der Waals surface area (Å²) in [6, 6.07) is 18.7. The molecular weight excluding hydrogens is 437 g/mol. The number of para-hydroxylation sites is 1.